The lowest BCUT2D eigenvalue weighted by molar-refractivity contribution is -0.161. The average molecular weight is 754 g/mol. The van der Waals surface area contributed by atoms with Crippen molar-refractivity contribution in [3.8, 4) is 0 Å². The highest BCUT2D eigenvalue weighted by atomic mass is 31.2. The van der Waals surface area contributed by atoms with Crippen LogP contribution in [0.3, 0.4) is 0 Å². The van der Waals surface area contributed by atoms with Gasteiger partial charge in [0.25, 0.3) is 0 Å². The number of carbonyl (C=O) groups excluding carboxylic acids is 2. The van der Waals surface area contributed by atoms with Gasteiger partial charge in [0.2, 0.25) is 0 Å². The molecule has 1 aliphatic rings. The van der Waals surface area contributed by atoms with E-state index in [2.05, 4.69) is 62.5 Å². The van der Waals surface area contributed by atoms with Crippen LogP contribution < -0.4 is 5.73 Å². The smallest absolute Gasteiger partial charge is 0.462 e. The summed E-state index contributed by atoms with van der Waals surface area (Å²) < 4.78 is 38.4. The predicted molar refractivity (Wildman–Crippen MR) is 210 cm³/mol. The van der Waals surface area contributed by atoms with Crippen molar-refractivity contribution in [1.29, 1.82) is 0 Å². The Kier molecular flexibility index (Phi) is 30.9. The molecule has 3 unspecified atom stereocenters. The molecule has 11 heteroatoms. The maximum Gasteiger partial charge on any atom is 0.472 e. The molecule has 300 valence electrons. The van der Waals surface area contributed by atoms with Gasteiger partial charge in [-0.2, -0.15) is 0 Å². The fraction of sp³-hybridized carbons (Fsp3) is 0.756. The van der Waals surface area contributed by atoms with Crippen LogP contribution in [0, 0.1) is 0 Å². The zero-order valence-corrected chi connectivity index (χ0v) is 33.4. The summed E-state index contributed by atoms with van der Waals surface area (Å²) in [5.41, 5.74) is 5.34. The van der Waals surface area contributed by atoms with Crippen LogP contribution >= 0.6 is 7.82 Å². The van der Waals surface area contributed by atoms with Crippen molar-refractivity contribution in [3.63, 3.8) is 0 Å². The molecule has 0 amide bonds. The van der Waals surface area contributed by atoms with Crippen LogP contribution in [0.4, 0.5) is 0 Å². The van der Waals surface area contributed by atoms with E-state index in [-0.39, 0.29) is 44.8 Å². The van der Waals surface area contributed by atoms with Gasteiger partial charge in [-0.25, -0.2) is 4.57 Å². The Morgan fingerprint density at radius 1 is 0.692 bits per heavy atom. The van der Waals surface area contributed by atoms with E-state index in [4.69, 9.17) is 29.0 Å². The number of nitrogens with two attached hydrogens (primary N) is 1. The third-order valence-electron chi connectivity index (χ3n) is 8.61. The molecule has 0 aliphatic carbocycles. The second-order valence-electron chi connectivity index (χ2n) is 13.5. The summed E-state index contributed by atoms with van der Waals surface area (Å²) in [5.74, 6) is -0.919. The third kappa shape index (κ3) is 30.4. The summed E-state index contributed by atoms with van der Waals surface area (Å²) in [6, 6.07) is 0. The van der Waals surface area contributed by atoms with Crippen molar-refractivity contribution in [3.05, 3.63) is 48.6 Å². The van der Waals surface area contributed by atoms with E-state index < -0.39 is 32.5 Å². The quantitative estimate of drug-likeness (QED) is 0.0208. The van der Waals surface area contributed by atoms with Gasteiger partial charge in [-0.1, -0.05) is 114 Å². The minimum Gasteiger partial charge on any atom is -0.462 e. The minimum atomic E-state index is -4.40. The average Bonchev–Trinajstić information content (AvgIpc) is 3.88. The van der Waals surface area contributed by atoms with Gasteiger partial charge in [-0.3, -0.25) is 18.6 Å². The summed E-state index contributed by atoms with van der Waals surface area (Å²) in [5, 5.41) is 0. The molecule has 1 aliphatic heterocycles. The Balaban J connectivity index is 2.27. The largest absolute Gasteiger partial charge is 0.472 e. The van der Waals surface area contributed by atoms with Gasteiger partial charge in [0.1, 0.15) is 6.61 Å². The molecule has 0 aromatic carbocycles. The summed E-state index contributed by atoms with van der Waals surface area (Å²) in [6.45, 7) is 3.57. The SMILES string of the molecule is CCCCC/C=C\C/C=C\C/C=C\CC1OC1CCCC(=O)OC[C@H](COP(=O)(O)OCCN)OC(=O)CCCCCCC/C=C\CCCCCC. The standard InChI is InChI=1S/C41H72NO9P/c1-3-5-7-9-11-13-15-17-19-21-23-25-27-31-41(44)50-37(36-49-52(45,46)48-34-33-42)35-47-40(43)32-28-30-39-38(51-39)29-26-24-22-20-18-16-14-12-10-8-6-4-2/h12-15,18,20,24,26,37-39H,3-11,16-17,19,21-23,25,27-36,42H2,1-2H3,(H,45,46)/b14-12-,15-13-,20-18-,26-24-/t37-,38?,39?/m1/s1. The number of hydrogen-bond acceptors (Lipinski definition) is 9. The van der Waals surface area contributed by atoms with Crippen LogP contribution in [0.15, 0.2) is 48.6 Å². The molecule has 0 bridgehead atoms. The molecule has 3 N–H and O–H groups in total. The molecular formula is C41H72NO9P. The second kappa shape index (κ2) is 33.5. The number of phosphoric acid groups is 1. The normalized spacial score (nSPS) is 17.8. The minimum absolute atomic E-state index is 0.0400. The molecule has 0 saturated carbocycles. The summed E-state index contributed by atoms with van der Waals surface area (Å²) in [7, 11) is -4.40. The maximum absolute atomic E-state index is 12.6. The van der Waals surface area contributed by atoms with Crippen LogP contribution in [0.1, 0.15) is 155 Å². The van der Waals surface area contributed by atoms with Gasteiger partial charge < -0.3 is 24.8 Å². The highest BCUT2D eigenvalue weighted by Gasteiger charge is 2.36. The zero-order chi connectivity index (χ0) is 38.0. The van der Waals surface area contributed by atoms with Crippen molar-refractivity contribution in [2.24, 2.45) is 5.73 Å². The molecule has 0 spiro atoms. The number of esters is 2. The highest BCUT2D eigenvalue weighted by Crippen LogP contribution is 2.43. The van der Waals surface area contributed by atoms with Gasteiger partial charge in [0.05, 0.1) is 25.4 Å². The molecule has 1 heterocycles. The van der Waals surface area contributed by atoms with E-state index in [1.165, 1.54) is 51.4 Å². The monoisotopic (exact) mass is 753 g/mol. The maximum atomic E-state index is 12.6. The van der Waals surface area contributed by atoms with E-state index in [1.807, 2.05) is 0 Å². The molecule has 4 atom stereocenters. The predicted octanol–water partition coefficient (Wildman–Crippen LogP) is 10.1. The summed E-state index contributed by atoms with van der Waals surface area (Å²) in [4.78, 5) is 34.9. The number of rotatable bonds is 36. The highest BCUT2D eigenvalue weighted by molar-refractivity contribution is 7.47. The fourth-order valence-electron chi connectivity index (χ4n) is 5.48. The molecule has 0 radical (unpaired) electrons. The topological polar surface area (TPSA) is 147 Å². The van der Waals surface area contributed by atoms with Crippen LogP contribution in [0.2, 0.25) is 0 Å². The first-order chi connectivity index (χ1) is 25.3. The van der Waals surface area contributed by atoms with Gasteiger partial charge in [0.15, 0.2) is 6.10 Å². The molecule has 10 nitrogen and oxygen atoms in total. The molecule has 1 rings (SSSR count). The lowest BCUT2D eigenvalue weighted by atomic mass is 10.1. The van der Waals surface area contributed by atoms with Gasteiger partial charge in [0, 0.05) is 19.4 Å². The Labute approximate surface area is 315 Å². The lowest BCUT2D eigenvalue weighted by Crippen LogP contribution is -2.29. The van der Waals surface area contributed by atoms with Crippen LogP contribution in [0.25, 0.3) is 0 Å². The van der Waals surface area contributed by atoms with Crippen molar-refractivity contribution in [2.75, 3.05) is 26.4 Å². The van der Waals surface area contributed by atoms with Gasteiger partial charge >= 0.3 is 19.8 Å². The first kappa shape index (κ1) is 48.0. The van der Waals surface area contributed by atoms with E-state index in [0.717, 1.165) is 64.2 Å². The van der Waals surface area contributed by atoms with Crippen molar-refractivity contribution in [1.82, 2.24) is 0 Å². The summed E-state index contributed by atoms with van der Waals surface area (Å²) in [6.07, 6.45) is 38.7. The van der Waals surface area contributed by atoms with Crippen molar-refractivity contribution < 1.29 is 42.3 Å². The number of ether oxygens (including phenoxy) is 3. The van der Waals surface area contributed by atoms with E-state index in [1.54, 1.807) is 0 Å². The first-order valence-corrected chi connectivity index (χ1v) is 21.7. The van der Waals surface area contributed by atoms with Crippen LogP contribution in [0.5, 0.6) is 0 Å². The third-order valence-corrected chi connectivity index (χ3v) is 9.60. The Hall–Kier alpha value is -2.07. The number of carbonyl (C=O) groups is 2. The number of epoxide rings is 1. The van der Waals surface area contributed by atoms with E-state index in [9.17, 15) is 19.0 Å². The van der Waals surface area contributed by atoms with Crippen molar-refractivity contribution >= 4 is 19.8 Å². The van der Waals surface area contributed by atoms with Gasteiger partial charge in [-0.15, -0.1) is 0 Å². The molecule has 0 aromatic rings. The van der Waals surface area contributed by atoms with Crippen molar-refractivity contribution in [2.45, 2.75) is 173 Å². The molecule has 1 saturated heterocycles. The molecular weight excluding hydrogens is 681 g/mol. The number of unbranched alkanes of at least 4 members (excludes halogenated alkanes) is 12. The fourth-order valence-corrected chi connectivity index (χ4v) is 6.24. The van der Waals surface area contributed by atoms with Gasteiger partial charge in [-0.05, 0) is 77.0 Å². The Morgan fingerprint density at radius 3 is 1.94 bits per heavy atom. The zero-order valence-electron chi connectivity index (χ0n) is 32.5. The molecule has 0 aromatic heterocycles. The number of hydrogen-bond donors (Lipinski definition) is 2. The second-order valence-corrected chi connectivity index (χ2v) is 15.0. The first-order valence-electron chi connectivity index (χ1n) is 20.2. The number of allylic oxidation sites excluding steroid dienone is 7. The van der Waals surface area contributed by atoms with E-state index in [0.29, 0.717) is 12.8 Å². The molecule has 1 fully saturated rings. The van der Waals surface area contributed by atoms with Crippen LogP contribution in [-0.4, -0.2) is 61.5 Å². The Bertz CT molecular complexity index is 1060. The molecule has 52 heavy (non-hydrogen) atoms. The number of phosphoric ester groups is 1. The van der Waals surface area contributed by atoms with E-state index >= 15 is 0 Å². The lowest BCUT2D eigenvalue weighted by Gasteiger charge is -2.19. The van der Waals surface area contributed by atoms with Crippen LogP contribution in [-0.2, 0) is 37.4 Å². The Morgan fingerprint density at radius 2 is 1.25 bits per heavy atom. The summed E-state index contributed by atoms with van der Waals surface area (Å²) >= 11 is 0.